The number of fused-ring (bicyclic) bond motifs is 1. The van der Waals surface area contributed by atoms with Crippen molar-refractivity contribution in [3.8, 4) is 0 Å². The van der Waals surface area contributed by atoms with E-state index in [1.165, 1.54) is 16.7 Å². The first-order valence-corrected chi connectivity index (χ1v) is 4.98. The highest BCUT2D eigenvalue weighted by Crippen LogP contribution is 2.28. The molecule has 0 spiro atoms. The second-order valence-electron chi connectivity index (χ2n) is 4.10. The predicted molar refractivity (Wildman–Crippen MR) is 58.6 cm³/mol. The van der Waals surface area contributed by atoms with Gasteiger partial charge in [-0.25, -0.2) is 4.98 Å². The molecule has 0 radical (unpaired) electrons. The van der Waals surface area contributed by atoms with Crippen molar-refractivity contribution in [2.24, 2.45) is 0 Å². The Hall–Kier alpha value is -1.09. The number of aryl methyl sites for hydroxylation is 1. The van der Waals surface area contributed by atoms with Gasteiger partial charge in [0.2, 0.25) is 0 Å². The maximum atomic E-state index is 4.63. The van der Waals surface area contributed by atoms with Gasteiger partial charge in [-0.05, 0) is 25.0 Å². The van der Waals surface area contributed by atoms with Crippen molar-refractivity contribution in [3.05, 3.63) is 22.4 Å². The number of aromatic nitrogens is 1. The van der Waals surface area contributed by atoms with Crippen molar-refractivity contribution in [2.45, 2.75) is 26.9 Å². The molecule has 1 aromatic rings. The van der Waals surface area contributed by atoms with E-state index in [0.29, 0.717) is 0 Å². The van der Waals surface area contributed by atoms with Crippen molar-refractivity contribution in [2.75, 3.05) is 19.0 Å². The Labute approximate surface area is 85.1 Å². The third kappa shape index (κ3) is 1.28. The van der Waals surface area contributed by atoms with Crippen molar-refractivity contribution in [3.63, 3.8) is 0 Å². The SMILES string of the molecule is Cc1nc(N(C)C)c2c(c1C)CNC2. The van der Waals surface area contributed by atoms with Gasteiger partial charge in [-0.1, -0.05) is 0 Å². The van der Waals surface area contributed by atoms with Crippen LogP contribution in [0.1, 0.15) is 22.4 Å². The van der Waals surface area contributed by atoms with E-state index < -0.39 is 0 Å². The number of rotatable bonds is 1. The van der Waals surface area contributed by atoms with Crippen LogP contribution in [0.4, 0.5) is 5.82 Å². The lowest BCUT2D eigenvalue weighted by atomic mass is 10.0. The van der Waals surface area contributed by atoms with Gasteiger partial charge in [0, 0.05) is 38.4 Å². The van der Waals surface area contributed by atoms with Crippen LogP contribution in [0.5, 0.6) is 0 Å². The molecule has 3 heteroatoms. The van der Waals surface area contributed by atoms with Crippen LogP contribution in [0.2, 0.25) is 0 Å². The summed E-state index contributed by atoms with van der Waals surface area (Å²) in [5.74, 6) is 1.12. The van der Waals surface area contributed by atoms with Crippen LogP contribution < -0.4 is 10.2 Å². The zero-order chi connectivity index (χ0) is 10.3. The maximum absolute atomic E-state index is 4.63. The molecule has 0 saturated carbocycles. The number of pyridine rings is 1. The van der Waals surface area contributed by atoms with Gasteiger partial charge in [0.05, 0.1) is 0 Å². The first-order valence-electron chi connectivity index (χ1n) is 4.98. The van der Waals surface area contributed by atoms with E-state index in [0.717, 1.165) is 24.6 Å². The van der Waals surface area contributed by atoms with Gasteiger partial charge in [-0.15, -0.1) is 0 Å². The molecule has 1 aliphatic rings. The van der Waals surface area contributed by atoms with Gasteiger partial charge in [-0.2, -0.15) is 0 Å². The van der Waals surface area contributed by atoms with Crippen LogP contribution in [-0.4, -0.2) is 19.1 Å². The molecule has 76 valence electrons. The lowest BCUT2D eigenvalue weighted by Crippen LogP contribution is -2.15. The van der Waals surface area contributed by atoms with Crippen LogP contribution in [0.3, 0.4) is 0 Å². The normalized spacial score (nSPS) is 14.3. The molecule has 0 unspecified atom stereocenters. The molecule has 2 rings (SSSR count). The Morgan fingerprint density at radius 2 is 1.79 bits per heavy atom. The summed E-state index contributed by atoms with van der Waals surface area (Å²) in [5, 5.41) is 3.38. The molecule has 0 fully saturated rings. The van der Waals surface area contributed by atoms with E-state index in [4.69, 9.17) is 0 Å². The highest BCUT2D eigenvalue weighted by molar-refractivity contribution is 5.55. The molecule has 0 aliphatic carbocycles. The largest absolute Gasteiger partial charge is 0.362 e. The minimum Gasteiger partial charge on any atom is -0.362 e. The summed E-state index contributed by atoms with van der Waals surface area (Å²) in [7, 11) is 4.10. The first-order chi connectivity index (χ1) is 6.61. The van der Waals surface area contributed by atoms with Gasteiger partial charge in [-0.3, -0.25) is 0 Å². The Morgan fingerprint density at radius 3 is 2.43 bits per heavy atom. The molecule has 14 heavy (non-hydrogen) atoms. The maximum Gasteiger partial charge on any atom is 0.133 e. The lowest BCUT2D eigenvalue weighted by Gasteiger charge is -2.18. The summed E-state index contributed by atoms with van der Waals surface area (Å²) in [4.78, 5) is 6.73. The van der Waals surface area contributed by atoms with Crippen LogP contribution in [0.15, 0.2) is 0 Å². The van der Waals surface area contributed by atoms with E-state index in [9.17, 15) is 0 Å². The van der Waals surface area contributed by atoms with E-state index in [-0.39, 0.29) is 0 Å². The molecule has 1 N–H and O–H groups in total. The average molecular weight is 191 g/mol. The standard InChI is InChI=1S/C11H17N3/c1-7-8(2)13-11(14(3)4)10-6-12-5-9(7)10/h12H,5-6H2,1-4H3. The number of nitrogens with zero attached hydrogens (tertiary/aromatic N) is 2. The highest BCUT2D eigenvalue weighted by Gasteiger charge is 2.20. The summed E-state index contributed by atoms with van der Waals surface area (Å²) in [6.45, 7) is 6.19. The van der Waals surface area contributed by atoms with E-state index >= 15 is 0 Å². The molecule has 0 aromatic carbocycles. The Kier molecular flexibility index (Phi) is 2.19. The fourth-order valence-electron chi connectivity index (χ4n) is 2.00. The second kappa shape index (κ2) is 3.24. The molecule has 3 nitrogen and oxygen atoms in total. The van der Waals surface area contributed by atoms with Crippen molar-refractivity contribution >= 4 is 5.82 Å². The van der Waals surface area contributed by atoms with Crippen LogP contribution in [-0.2, 0) is 13.1 Å². The van der Waals surface area contributed by atoms with Crippen LogP contribution >= 0.6 is 0 Å². The molecule has 1 aromatic heterocycles. The monoisotopic (exact) mass is 191 g/mol. The number of hydrogen-bond acceptors (Lipinski definition) is 3. The molecule has 0 bridgehead atoms. The zero-order valence-corrected chi connectivity index (χ0v) is 9.31. The van der Waals surface area contributed by atoms with Crippen molar-refractivity contribution in [1.82, 2.24) is 10.3 Å². The number of anilines is 1. The quantitative estimate of drug-likeness (QED) is 0.726. The van der Waals surface area contributed by atoms with E-state index in [1.807, 2.05) is 0 Å². The average Bonchev–Trinajstić information content (AvgIpc) is 2.59. The Morgan fingerprint density at radius 1 is 1.14 bits per heavy atom. The highest BCUT2D eigenvalue weighted by atomic mass is 15.1. The minimum atomic E-state index is 0.955. The summed E-state index contributed by atoms with van der Waals surface area (Å²) in [6.07, 6.45) is 0. The smallest absolute Gasteiger partial charge is 0.133 e. The number of nitrogens with one attached hydrogen (secondary N) is 1. The van der Waals surface area contributed by atoms with E-state index in [1.54, 1.807) is 0 Å². The summed E-state index contributed by atoms with van der Waals surface area (Å²) in [5.41, 5.74) is 5.31. The van der Waals surface area contributed by atoms with Crippen LogP contribution in [0, 0.1) is 13.8 Å². The summed E-state index contributed by atoms with van der Waals surface area (Å²) >= 11 is 0. The van der Waals surface area contributed by atoms with Gasteiger partial charge < -0.3 is 10.2 Å². The molecular formula is C11H17N3. The molecule has 2 heterocycles. The third-order valence-electron chi connectivity index (χ3n) is 2.93. The van der Waals surface area contributed by atoms with Gasteiger partial charge in [0.1, 0.15) is 5.82 Å². The van der Waals surface area contributed by atoms with Gasteiger partial charge in [0.15, 0.2) is 0 Å². The molecule has 0 amide bonds. The molecule has 0 atom stereocenters. The lowest BCUT2D eigenvalue weighted by molar-refractivity contribution is 0.762. The van der Waals surface area contributed by atoms with Crippen molar-refractivity contribution in [1.29, 1.82) is 0 Å². The van der Waals surface area contributed by atoms with Gasteiger partial charge >= 0.3 is 0 Å². The predicted octanol–water partition coefficient (Wildman–Crippen LogP) is 1.37. The Bertz CT molecular complexity index is 369. The second-order valence-corrected chi connectivity index (χ2v) is 4.10. The number of hydrogen-bond donors (Lipinski definition) is 1. The molecule has 1 aliphatic heterocycles. The summed E-state index contributed by atoms with van der Waals surface area (Å²) < 4.78 is 0. The van der Waals surface area contributed by atoms with Crippen molar-refractivity contribution < 1.29 is 0 Å². The first kappa shape index (κ1) is 9.46. The summed E-state index contributed by atoms with van der Waals surface area (Å²) in [6, 6.07) is 0. The fourth-order valence-corrected chi connectivity index (χ4v) is 2.00. The Balaban J connectivity index is 2.64. The van der Waals surface area contributed by atoms with Gasteiger partial charge in [0.25, 0.3) is 0 Å². The topological polar surface area (TPSA) is 28.2 Å². The zero-order valence-electron chi connectivity index (χ0n) is 9.31. The fraction of sp³-hybridized carbons (Fsp3) is 0.545. The molecular weight excluding hydrogens is 174 g/mol. The molecule has 0 saturated heterocycles. The minimum absolute atomic E-state index is 0.955. The van der Waals surface area contributed by atoms with E-state index in [2.05, 4.69) is 43.1 Å². The third-order valence-corrected chi connectivity index (χ3v) is 2.93. The van der Waals surface area contributed by atoms with Crippen LogP contribution in [0.25, 0.3) is 0 Å².